The van der Waals surface area contributed by atoms with E-state index in [2.05, 4.69) is 106 Å². The van der Waals surface area contributed by atoms with Gasteiger partial charge in [0.05, 0.1) is 0 Å². The number of hydrogen-bond acceptors (Lipinski definition) is 0. The zero-order valence-corrected chi connectivity index (χ0v) is 25.4. The molecule has 0 radical (unpaired) electrons. The molecule has 0 bridgehead atoms. The minimum Gasteiger partial charge on any atom is -0.147 e. The van der Waals surface area contributed by atoms with Crippen molar-refractivity contribution < 1.29 is 14.0 Å². The van der Waals surface area contributed by atoms with Crippen LogP contribution in [-0.4, -0.2) is 7.63 Å². The van der Waals surface area contributed by atoms with Gasteiger partial charge >= 0.3 is 198 Å². The summed E-state index contributed by atoms with van der Waals surface area (Å²) in [6.45, 7) is 4.64. The van der Waals surface area contributed by atoms with Gasteiger partial charge in [-0.3, -0.25) is 0 Å². The average Bonchev–Trinajstić information content (AvgIpc) is 3.53. The molecule has 0 aromatic heterocycles. The second kappa shape index (κ2) is 12.7. The van der Waals surface area contributed by atoms with Crippen molar-refractivity contribution in [1.29, 1.82) is 0 Å². The van der Waals surface area contributed by atoms with Crippen molar-refractivity contribution in [2.24, 2.45) is 0 Å². The fourth-order valence-corrected chi connectivity index (χ4v) is 21.9. The van der Waals surface area contributed by atoms with Gasteiger partial charge in [0.25, 0.3) is 0 Å². The van der Waals surface area contributed by atoms with E-state index >= 15 is 0 Å². The zero-order valence-electron chi connectivity index (χ0n) is 20.8. The fraction of sp³-hybridized carbons (Fsp3) is 0.333. The third kappa shape index (κ3) is 4.93. The molecule has 0 unspecified atom stereocenters. The van der Waals surface area contributed by atoms with Crippen LogP contribution in [-0.2, 0) is 14.0 Å². The predicted molar refractivity (Wildman–Crippen MR) is 156 cm³/mol. The normalized spacial score (nSPS) is 15.5. The first-order chi connectivity index (χ1) is 15.6. The van der Waals surface area contributed by atoms with Gasteiger partial charge in [-0.25, -0.2) is 0 Å². The molecular formula is C30H40Cl2SiTi. The molecule has 2 aromatic rings. The van der Waals surface area contributed by atoms with Gasteiger partial charge in [0.15, 0.2) is 0 Å². The molecule has 0 fully saturated rings. The van der Waals surface area contributed by atoms with Crippen LogP contribution in [0.25, 0.3) is 0 Å². The van der Waals surface area contributed by atoms with Crippen LogP contribution in [0.2, 0.25) is 0 Å². The summed E-state index contributed by atoms with van der Waals surface area (Å²) in [4.78, 5) is 0. The van der Waals surface area contributed by atoms with Gasteiger partial charge in [-0.2, -0.15) is 0 Å². The number of hydrogen-bond donors (Lipinski definition) is 0. The standard InChI is InChI=1S/2C9H13.2C6H5.2ClH.H2Si.Ti/c2*1-2-3-6-9-7-4-5-8-9;2*1-2-4-6-5-3-1;;;;/h2*4,7H,2-3,5-6H2,1H3;2*1-5H;2*1H;1H2;. The van der Waals surface area contributed by atoms with Gasteiger partial charge in [-0.15, -0.1) is 24.8 Å². The van der Waals surface area contributed by atoms with E-state index in [1.54, 1.807) is 26.6 Å². The predicted octanol–water partition coefficient (Wildman–Crippen LogP) is 7.53. The molecule has 2 aromatic carbocycles. The molecule has 4 rings (SSSR count). The molecule has 0 nitrogen and oxygen atoms in total. The maximum Gasteiger partial charge on any atom is -0.147 e. The van der Waals surface area contributed by atoms with Crippen LogP contribution in [0.15, 0.2) is 104 Å². The van der Waals surface area contributed by atoms with E-state index in [1.807, 2.05) is 0 Å². The Labute approximate surface area is 222 Å². The average molecular weight is 548 g/mol. The molecule has 34 heavy (non-hydrogen) atoms. The van der Waals surface area contributed by atoms with E-state index in [0.29, 0.717) is 0 Å². The Morgan fingerprint density at radius 1 is 0.647 bits per heavy atom. The van der Waals surface area contributed by atoms with Gasteiger partial charge in [-0.1, -0.05) is 0 Å². The van der Waals surface area contributed by atoms with E-state index < -0.39 is 14.0 Å². The van der Waals surface area contributed by atoms with Crippen LogP contribution in [0.4, 0.5) is 0 Å². The summed E-state index contributed by atoms with van der Waals surface area (Å²) in [5.74, 6) is 0. The molecule has 0 atom stereocenters. The Morgan fingerprint density at radius 2 is 1.03 bits per heavy atom. The summed E-state index contributed by atoms with van der Waals surface area (Å²) < 4.78 is 6.79. The topological polar surface area (TPSA) is 0 Å². The van der Waals surface area contributed by atoms with E-state index in [1.165, 1.54) is 38.5 Å². The molecule has 2 aliphatic rings. The second-order valence-corrected chi connectivity index (χ2v) is 23.7. The first-order valence-corrected chi connectivity index (χ1v) is 19.7. The number of rotatable bonds is 10. The van der Waals surface area contributed by atoms with Gasteiger partial charge in [0, 0.05) is 0 Å². The number of halogens is 2. The van der Waals surface area contributed by atoms with Crippen molar-refractivity contribution in [2.75, 3.05) is 0 Å². The summed E-state index contributed by atoms with van der Waals surface area (Å²) in [6, 6.07) is 23.3. The van der Waals surface area contributed by atoms with Crippen LogP contribution in [0.5, 0.6) is 0 Å². The Bertz CT molecular complexity index is 1050. The maximum absolute atomic E-state index is 3.76. The molecule has 182 valence electrons. The minimum absolute atomic E-state index is 0. The van der Waals surface area contributed by atoms with Crippen LogP contribution < -0.4 is 7.74 Å². The second-order valence-electron chi connectivity index (χ2n) is 9.62. The van der Waals surface area contributed by atoms with E-state index in [9.17, 15) is 0 Å². The van der Waals surface area contributed by atoms with Crippen LogP contribution >= 0.6 is 24.8 Å². The molecule has 0 saturated heterocycles. The molecule has 4 heteroatoms. The van der Waals surface area contributed by atoms with Gasteiger partial charge in [0.2, 0.25) is 0 Å². The van der Waals surface area contributed by atoms with Crippen molar-refractivity contribution in [3.8, 4) is 0 Å². The van der Waals surface area contributed by atoms with Crippen molar-refractivity contribution in [1.82, 2.24) is 0 Å². The number of unbranched alkanes of at least 4 members (excludes halogenated alkanes) is 2. The summed E-state index contributed by atoms with van der Waals surface area (Å²) in [5.41, 5.74) is 3.28. The molecule has 0 heterocycles. The third-order valence-electron chi connectivity index (χ3n) is 7.81. The van der Waals surface area contributed by atoms with E-state index in [-0.39, 0.29) is 24.8 Å². The zero-order chi connectivity index (χ0) is 22.5. The van der Waals surface area contributed by atoms with Crippen LogP contribution in [0.1, 0.15) is 65.2 Å². The monoisotopic (exact) mass is 546 g/mol. The SMILES string of the molecule is CCCCC1=[C]([Ti](=[SiH2])([C]2=C(CCCC)C=CC2)([c]2ccccc2)[c]2ccccc2)CC=C1.Cl.Cl. The maximum atomic E-state index is 2.47. The Morgan fingerprint density at radius 3 is 1.38 bits per heavy atom. The van der Waals surface area contributed by atoms with Crippen molar-refractivity contribution in [3.05, 3.63) is 104 Å². The van der Waals surface area contributed by atoms with Crippen molar-refractivity contribution >= 4 is 40.2 Å². The molecule has 0 saturated carbocycles. The van der Waals surface area contributed by atoms with Gasteiger partial charge < -0.3 is 0 Å². The Kier molecular flexibility index (Phi) is 10.9. The number of benzene rings is 2. The van der Waals surface area contributed by atoms with E-state index in [4.69, 9.17) is 0 Å². The van der Waals surface area contributed by atoms with Crippen molar-refractivity contribution in [3.63, 3.8) is 0 Å². The Hall–Kier alpha value is -1.09. The first kappa shape index (κ1) is 29.1. The van der Waals surface area contributed by atoms with Gasteiger partial charge in [-0.05, 0) is 0 Å². The van der Waals surface area contributed by atoms with E-state index in [0.717, 1.165) is 12.8 Å². The minimum atomic E-state index is -3.76. The van der Waals surface area contributed by atoms with Crippen molar-refractivity contribution in [2.45, 2.75) is 65.2 Å². The largest absolute Gasteiger partial charge is 0.147 e. The molecule has 0 amide bonds. The number of allylic oxidation sites excluding steroid dienone is 8. The molecule has 0 aliphatic heterocycles. The fourth-order valence-electron chi connectivity index (χ4n) is 6.12. The Balaban J connectivity index is 0.00000204. The quantitative estimate of drug-likeness (QED) is 0.270. The molecule has 0 N–H and O–H groups in total. The smallest absolute Gasteiger partial charge is 0.147 e. The summed E-state index contributed by atoms with van der Waals surface area (Å²) in [7, 11) is 2.43. The van der Waals surface area contributed by atoms with Gasteiger partial charge in [0.1, 0.15) is 0 Å². The molecule has 0 spiro atoms. The molecular weight excluding hydrogens is 507 g/mol. The molecule has 2 aliphatic carbocycles. The summed E-state index contributed by atoms with van der Waals surface area (Å²) in [6.07, 6.45) is 19.6. The first-order valence-electron chi connectivity index (χ1n) is 12.6. The summed E-state index contributed by atoms with van der Waals surface area (Å²) >= 11 is -3.76. The van der Waals surface area contributed by atoms with Crippen LogP contribution in [0, 0.1) is 0 Å². The summed E-state index contributed by atoms with van der Waals surface area (Å²) in [5, 5.41) is 0. The van der Waals surface area contributed by atoms with Crippen LogP contribution in [0.3, 0.4) is 0 Å². The third-order valence-corrected chi connectivity index (χ3v) is 25.5.